The summed E-state index contributed by atoms with van der Waals surface area (Å²) in [6, 6.07) is 8.26. The lowest BCUT2D eigenvalue weighted by Crippen LogP contribution is -2.39. The quantitative estimate of drug-likeness (QED) is 0.785. The fourth-order valence-corrected chi connectivity index (χ4v) is 3.96. The fraction of sp³-hybridized carbons (Fsp3) is 0.471. The molecule has 6 heteroatoms. The van der Waals surface area contributed by atoms with E-state index in [4.69, 9.17) is 9.47 Å². The van der Waals surface area contributed by atoms with E-state index in [9.17, 15) is 14.4 Å². The van der Waals surface area contributed by atoms with Crippen LogP contribution in [0.25, 0.3) is 0 Å². The number of esters is 2. The van der Waals surface area contributed by atoms with Crippen molar-refractivity contribution in [3.63, 3.8) is 0 Å². The Labute approximate surface area is 134 Å². The van der Waals surface area contributed by atoms with Gasteiger partial charge < -0.3 is 14.4 Å². The number of hydrogen-bond acceptors (Lipinski definition) is 5. The Kier molecular flexibility index (Phi) is 4.07. The highest BCUT2D eigenvalue weighted by Gasteiger charge is 2.61. The Bertz CT molecular complexity index is 599. The van der Waals surface area contributed by atoms with E-state index < -0.39 is 23.8 Å². The molecule has 3 rings (SSSR count). The van der Waals surface area contributed by atoms with Crippen molar-refractivity contribution >= 4 is 17.8 Å². The molecule has 0 N–H and O–H groups in total. The van der Waals surface area contributed by atoms with Crippen molar-refractivity contribution in [3.8, 4) is 0 Å². The van der Waals surface area contributed by atoms with Crippen molar-refractivity contribution < 1.29 is 23.9 Å². The summed E-state index contributed by atoms with van der Waals surface area (Å²) < 4.78 is 9.72. The molecule has 2 aliphatic rings. The van der Waals surface area contributed by atoms with Crippen LogP contribution >= 0.6 is 0 Å². The first-order valence-corrected chi connectivity index (χ1v) is 7.63. The maximum absolute atomic E-state index is 12.8. The Morgan fingerprint density at radius 1 is 0.913 bits per heavy atom. The van der Waals surface area contributed by atoms with Gasteiger partial charge in [0.1, 0.15) is 0 Å². The summed E-state index contributed by atoms with van der Waals surface area (Å²) >= 11 is 0. The molecule has 1 amide bonds. The molecule has 4 atom stereocenters. The lowest BCUT2D eigenvalue weighted by molar-refractivity contribution is -0.157. The van der Waals surface area contributed by atoms with Crippen LogP contribution in [0.15, 0.2) is 30.3 Å². The van der Waals surface area contributed by atoms with Gasteiger partial charge in [0.15, 0.2) is 0 Å². The predicted molar refractivity (Wildman–Crippen MR) is 80.4 cm³/mol. The van der Waals surface area contributed by atoms with E-state index in [2.05, 4.69) is 0 Å². The number of hydrogen-bond donors (Lipinski definition) is 0. The maximum Gasteiger partial charge on any atom is 0.311 e. The third-order valence-corrected chi connectivity index (χ3v) is 4.89. The zero-order valence-corrected chi connectivity index (χ0v) is 13.1. The molecule has 0 spiro atoms. The molecule has 0 aliphatic carbocycles. The lowest BCUT2D eigenvalue weighted by Gasteiger charge is -2.24. The van der Waals surface area contributed by atoms with Crippen molar-refractivity contribution in [2.45, 2.75) is 24.9 Å². The second-order valence-electron chi connectivity index (χ2n) is 5.89. The summed E-state index contributed by atoms with van der Waals surface area (Å²) in [4.78, 5) is 38.9. The monoisotopic (exact) mass is 317 g/mol. The average molecular weight is 317 g/mol. The molecule has 0 unspecified atom stereocenters. The van der Waals surface area contributed by atoms with Gasteiger partial charge in [-0.25, -0.2) is 0 Å². The standard InChI is InChI=1S/C17H19NO5/c1-22-16(20)13-11-8-9-12(14(13)17(21)23-2)18(11)15(19)10-6-4-3-5-7-10/h3-7,11-14H,8-9H2,1-2H3/t11-,12+,13+,14-. The van der Waals surface area contributed by atoms with Gasteiger partial charge in [0.2, 0.25) is 0 Å². The molecule has 0 radical (unpaired) electrons. The van der Waals surface area contributed by atoms with Gasteiger partial charge in [-0.2, -0.15) is 0 Å². The molecule has 1 aromatic rings. The summed E-state index contributed by atoms with van der Waals surface area (Å²) in [6.45, 7) is 0. The normalized spacial score (nSPS) is 28.5. The molecule has 2 heterocycles. The van der Waals surface area contributed by atoms with Crippen LogP contribution in [0.5, 0.6) is 0 Å². The van der Waals surface area contributed by atoms with E-state index in [0.29, 0.717) is 18.4 Å². The maximum atomic E-state index is 12.8. The van der Waals surface area contributed by atoms with E-state index in [1.165, 1.54) is 14.2 Å². The largest absolute Gasteiger partial charge is 0.469 e. The number of carbonyl (C=O) groups is 3. The van der Waals surface area contributed by atoms with Crippen LogP contribution in [0, 0.1) is 11.8 Å². The van der Waals surface area contributed by atoms with Crippen LogP contribution in [0.3, 0.4) is 0 Å². The molecule has 122 valence electrons. The molecule has 23 heavy (non-hydrogen) atoms. The second-order valence-corrected chi connectivity index (χ2v) is 5.89. The average Bonchev–Trinajstić information content (AvgIpc) is 3.16. The number of methoxy groups -OCH3 is 2. The number of ether oxygens (including phenoxy) is 2. The van der Waals surface area contributed by atoms with Gasteiger partial charge in [0.05, 0.1) is 26.1 Å². The van der Waals surface area contributed by atoms with Crippen LogP contribution in [0.2, 0.25) is 0 Å². The van der Waals surface area contributed by atoms with Crippen molar-refractivity contribution in [2.75, 3.05) is 14.2 Å². The van der Waals surface area contributed by atoms with E-state index in [0.717, 1.165) is 0 Å². The Morgan fingerprint density at radius 2 is 1.39 bits per heavy atom. The van der Waals surface area contributed by atoms with E-state index >= 15 is 0 Å². The Morgan fingerprint density at radius 3 is 1.83 bits per heavy atom. The van der Waals surface area contributed by atoms with E-state index in [1.54, 1.807) is 29.2 Å². The van der Waals surface area contributed by atoms with Crippen molar-refractivity contribution in [1.29, 1.82) is 0 Å². The first-order chi connectivity index (χ1) is 11.1. The minimum absolute atomic E-state index is 0.154. The van der Waals surface area contributed by atoms with E-state index in [-0.39, 0.29) is 18.0 Å². The fourth-order valence-electron chi connectivity index (χ4n) is 3.96. The van der Waals surface area contributed by atoms with Crippen LogP contribution in [-0.4, -0.2) is 49.0 Å². The number of fused-ring (bicyclic) bond motifs is 2. The first kappa shape index (κ1) is 15.5. The number of rotatable bonds is 3. The molecule has 0 saturated carbocycles. The second kappa shape index (κ2) is 6.02. The highest BCUT2D eigenvalue weighted by atomic mass is 16.5. The highest BCUT2D eigenvalue weighted by Crippen LogP contribution is 2.47. The van der Waals surface area contributed by atoms with Gasteiger partial charge in [0.25, 0.3) is 5.91 Å². The number of nitrogens with zero attached hydrogens (tertiary/aromatic N) is 1. The van der Waals surface area contributed by atoms with Crippen molar-refractivity contribution in [1.82, 2.24) is 4.90 Å². The van der Waals surface area contributed by atoms with Gasteiger partial charge in [-0.05, 0) is 25.0 Å². The van der Waals surface area contributed by atoms with Gasteiger partial charge in [-0.15, -0.1) is 0 Å². The summed E-state index contributed by atoms with van der Waals surface area (Å²) in [7, 11) is 2.60. The zero-order valence-electron chi connectivity index (χ0n) is 13.1. The Hall–Kier alpha value is -2.37. The molecule has 2 aliphatic heterocycles. The summed E-state index contributed by atoms with van der Waals surface area (Å²) in [6.07, 6.45) is 1.38. The zero-order chi connectivity index (χ0) is 16.6. The molecule has 2 saturated heterocycles. The van der Waals surface area contributed by atoms with Crippen molar-refractivity contribution in [2.24, 2.45) is 11.8 Å². The van der Waals surface area contributed by atoms with Gasteiger partial charge >= 0.3 is 11.9 Å². The topological polar surface area (TPSA) is 72.9 Å². The minimum atomic E-state index is -0.654. The van der Waals surface area contributed by atoms with Crippen LogP contribution < -0.4 is 0 Å². The minimum Gasteiger partial charge on any atom is -0.469 e. The summed E-state index contributed by atoms with van der Waals surface area (Å²) in [5.74, 6) is -2.38. The molecule has 0 aromatic heterocycles. The summed E-state index contributed by atoms with van der Waals surface area (Å²) in [5.41, 5.74) is 0.554. The first-order valence-electron chi connectivity index (χ1n) is 7.63. The van der Waals surface area contributed by atoms with Crippen molar-refractivity contribution in [3.05, 3.63) is 35.9 Å². The summed E-state index contributed by atoms with van der Waals surface area (Å²) in [5, 5.41) is 0. The molecule has 6 nitrogen and oxygen atoms in total. The highest BCUT2D eigenvalue weighted by molar-refractivity contribution is 5.97. The third kappa shape index (κ3) is 2.38. The van der Waals surface area contributed by atoms with Gasteiger partial charge in [-0.1, -0.05) is 18.2 Å². The lowest BCUT2D eigenvalue weighted by atomic mass is 9.79. The van der Waals surface area contributed by atoms with Gasteiger partial charge in [0, 0.05) is 17.6 Å². The molecule has 2 fully saturated rings. The molecule has 2 bridgehead atoms. The SMILES string of the molecule is COC(=O)[C@@H]1[C@H](C(=O)OC)[C@@H]2CC[C@H]1N2C(=O)c1ccccc1. The molecular formula is C17H19NO5. The van der Waals surface area contributed by atoms with E-state index in [1.807, 2.05) is 6.07 Å². The number of carbonyl (C=O) groups excluding carboxylic acids is 3. The smallest absolute Gasteiger partial charge is 0.311 e. The predicted octanol–water partition coefficient (Wildman–Crippen LogP) is 1.25. The number of benzene rings is 1. The van der Waals surface area contributed by atoms with Crippen LogP contribution in [-0.2, 0) is 19.1 Å². The third-order valence-electron chi connectivity index (χ3n) is 4.89. The molecule has 1 aromatic carbocycles. The van der Waals surface area contributed by atoms with Crippen LogP contribution in [0.1, 0.15) is 23.2 Å². The Balaban J connectivity index is 1.95. The van der Waals surface area contributed by atoms with Gasteiger partial charge in [-0.3, -0.25) is 14.4 Å². The number of amides is 1. The molecular weight excluding hydrogens is 298 g/mol. The van der Waals surface area contributed by atoms with Crippen LogP contribution in [0.4, 0.5) is 0 Å².